The minimum atomic E-state index is -3.71. The van der Waals surface area contributed by atoms with Crippen molar-refractivity contribution in [2.45, 2.75) is 23.9 Å². The number of hydrogen-bond acceptors (Lipinski definition) is 5. The highest BCUT2D eigenvalue weighted by Crippen LogP contribution is 2.21. The van der Waals surface area contributed by atoms with Gasteiger partial charge in [0.05, 0.1) is 5.56 Å². The molecule has 0 saturated carbocycles. The van der Waals surface area contributed by atoms with Crippen molar-refractivity contribution < 1.29 is 8.42 Å². The fourth-order valence-electron chi connectivity index (χ4n) is 2.18. The van der Waals surface area contributed by atoms with Crippen molar-refractivity contribution in [1.82, 2.24) is 14.6 Å². The summed E-state index contributed by atoms with van der Waals surface area (Å²) in [4.78, 5) is 3.87. The second-order valence-electron chi connectivity index (χ2n) is 4.47. The number of piperidine rings is 1. The van der Waals surface area contributed by atoms with Gasteiger partial charge in [-0.1, -0.05) is 0 Å². The van der Waals surface area contributed by atoms with Crippen LogP contribution >= 0.6 is 0 Å². The van der Waals surface area contributed by atoms with Crippen molar-refractivity contribution >= 4 is 10.0 Å². The summed E-state index contributed by atoms with van der Waals surface area (Å²) in [6, 6.07) is 4.86. The van der Waals surface area contributed by atoms with Gasteiger partial charge in [-0.15, -0.1) is 0 Å². The third-order valence-corrected chi connectivity index (χ3v) is 5.21. The molecule has 1 aromatic heterocycles. The lowest BCUT2D eigenvalue weighted by atomic mass is 10.1. The highest BCUT2D eigenvalue weighted by Gasteiger charge is 2.31. The van der Waals surface area contributed by atoms with Crippen LogP contribution in [0.2, 0.25) is 0 Å². The SMILES string of the molecule is CN(C1CCNCC1)S(=O)(=O)c1ncccc1C#N. The van der Waals surface area contributed by atoms with E-state index < -0.39 is 10.0 Å². The van der Waals surface area contributed by atoms with E-state index in [1.54, 1.807) is 13.1 Å². The molecular weight excluding hydrogens is 264 g/mol. The summed E-state index contributed by atoms with van der Waals surface area (Å²) < 4.78 is 26.4. The van der Waals surface area contributed by atoms with Gasteiger partial charge in [0.25, 0.3) is 10.0 Å². The first-order valence-electron chi connectivity index (χ1n) is 6.11. The Kier molecular flexibility index (Phi) is 4.14. The predicted molar refractivity (Wildman–Crippen MR) is 69.8 cm³/mol. The van der Waals surface area contributed by atoms with Crippen LogP contribution in [0.15, 0.2) is 23.4 Å². The zero-order valence-corrected chi connectivity index (χ0v) is 11.5. The highest BCUT2D eigenvalue weighted by atomic mass is 32.2. The average molecular weight is 280 g/mol. The molecule has 1 aromatic rings. The summed E-state index contributed by atoms with van der Waals surface area (Å²) >= 11 is 0. The van der Waals surface area contributed by atoms with Crippen molar-refractivity contribution in [1.29, 1.82) is 5.26 Å². The molecule has 102 valence electrons. The number of pyridine rings is 1. The van der Waals surface area contributed by atoms with Crippen LogP contribution in [-0.2, 0) is 10.0 Å². The number of aromatic nitrogens is 1. The van der Waals surface area contributed by atoms with E-state index in [1.165, 1.54) is 16.6 Å². The van der Waals surface area contributed by atoms with E-state index in [1.807, 2.05) is 6.07 Å². The van der Waals surface area contributed by atoms with Gasteiger partial charge in [-0.3, -0.25) is 0 Å². The number of sulfonamides is 1. The fraction of sp³-hybridized carbons (Fsp3) is 0.500. The van der Waals surface area contributed by atoms with E-state index in [0.29, 0.717) is 0 Å². The normalized spacial score (nSPS) is 17.3. The van der Waals surface area contributed by atoms with Gasteiger partial charge >= 0.3 is 0 Å². The van der Waals surface area contributed by atoms with E-state index in [4.69, 9.17) is 5.26 Å². The largest absolute Gasteiger partial charge is 0.317 e. The average Bonchev–Trinajstić information content (AvgIpc) is 2.47. The van der Waals surface area contributed by atoms with Crippen LogP contribution in [0.4, 0.5) is 0 Å². The Morgan fingerprint density at radius 2 is 2.16 bits per heavy atom. The van der Waals surface area contributed by atoms with Crippen LogP contribution in [-0.4, -0.2) is 43.9 Å². The van der Waals surface area contributed by atoms with Crippen LogP contribution < -0.4 is 5.32 Å². The first kappa shape index (κ1) is 13.9. The summed E-state index contributed by atoms with van der Waals surface area (Å²) in [5, 5.41) is 12.0. The number of hydrogen-bond donors (Lipinski definition) is 1. The van der Waals surface area contributed by atoms with Crippen molar-refractivity contribution in [3.63, 3.8) is 0 Å². The maximum absolute atomic E-state index is 12.5. The summed E-state index contributed by atoms with van der Waals surface area (Å²) in [6.07, 6.45) is 2.93. The number of nitrogens with one attached hydrogen (secondary N) is 1. The van der Waals surface area contributed by atoms with Crippen molar-refractivity contribution in [3.8, 4) is 6.07 Å². The lowest BCUT2D eigenvalue weighted by molar-refractivity contribution is 0.295. The molecule has 0 aromatic carbocycles. The second kappa shape index (κ2) is 5.65. The number of rotatable bonds is 3. The number of nitriles is 1. The third-order valence-electron chi connectivity index (χ3n) is 3.34. The maximum atomic E-state index is 12.5. The van der Waals surface area contributed by atoms with Crippen molar-refractivity contribution in [2.75, 3.05) is 20.1 Å². The van der Waals surface area contributed by atoms with Gasteiger partial charge in [0.2, 0.25) is 0 Å². The van der Waals surface area contributed by atoms with Gasteiger partial charge in [-0.2, -0.15) is 9.57 Å². The van der Waals surface area contributed by atoms with Gasteiger partial charge in [-0.05, 0) is 38.1 Å². The highest BCUT2D eigenvalue weighted by molar-refractivity contribution is 7.89. The quantitative estimate of drug-likeness (QED) is 0.862. The zero-order valence-electron chi connectivity index (χ0n) is 10.7. The molecule has 7 heteroatoms. The summed E-state index contributed by atoms with van der Waals surface area (Å²) in [5.41, 5.74) is 0.0864. The van der Waals surface area contributed by atoms with Gasteiger partial charge < -0.3 is 5.32 Å². The molecule has 0 radical (unpaired) electrons. The van der Waals surface area contributed by atoms with Crippen molar-refractivity contribution in [3.05, 3.63) is 23.9 Å². The molecule has 0 atom stereocenters. The molecule has 6 nitrogen and oxygen atoms in total. The third kappa shape index (κ3) is 2.76. The maximum Gasteiger partial charge on any atom is 0.261 e. The predicted octanol–water partition coefficient (Wildman–Crippen LogP) is 0.326. The van der Waals surface area contributed by atoms with Gasteiger partial charge in [0.1, 0.15) is 6.07 Å². The smallest absolute Gasteiger partial charge is 0.261 e. The molecule has 1 N–H and O–H groups in total. The van der Waals surface area contributed by atoms with E-state index in [2.05, 4.69) is 10.3 Å². The molecule has 0 aliphatic carbocycles. The molecule has 0 spiro atoms. The molecular formula is C12H16N4O2S. The van der Waals surface area contributed by atoms with Crippen LogP contribution in [0.25, 0.3) is 0 Å². The van der Waals surface area contributed by atoms with Gasteiger partial charge in [-0.25, -0.2) is 13.4 Å². The Balaban J connectivity index is 2.34. The van der Waals surface area contributed by atoms with Crippen LogP contribution in [0.3, 0.4) is 0 Å². The standard InChI is InChI=1S/C12H16N4O2S/c1-16(11-4-7-14-8-5-11)19(17,18)12-10(9-13)3-2-6-15-12/h2-3,6,11,14H,4-5,7-8H2,1H3. The van der Waals surface area contributed by atoms with Crippen molar-refractivity contribution in [2.24, 2.45) is 0 Å². The fourth-order valence-corrected chi connectivity index (χ4v) is 3.65. The molecule has 0 bridgehead atoms. The second-order valence-corrected chi connectivity index (χ2v) is 6.38. The lowest BCUT2D eigenvalue weighted by Crippen LogP contribution is -2.44. The summed E-state index contributed by atoms with van der Waals surface area (Å²) in [7, 11) is -2.15. The lowest BCUT2D eigenvalue weighted by Gasteiger charge is -2.30. The monoisotopic (exact) mass is 280 g/mol. The van der Waals surface area contributed by atoms with E-state index in [9.17, 15) is 8.42 Å². The van der Waals surface area contributed by atoms with Crippen LogP contribution in [0.5, 0.6) is 0 Å². The Morgan fingerprint density at radius 1 is 1.47 bits per heavy atom. The molecule has 1 saturated heterocycles. The Hall–Kier alpha value is -1.49. The zero-order chi connectivity index (χ0) is 13.9. The summed E-state index contributed by atoms with van der Waals surface area (Å²) in [5.74, 6) is 0. The molecule has 1 aliphatic heterocycles. The Labute approximate surface area is 113 Å². The first-order chi connectivity index (χ1) is 9.07. The van der Waals surface area contributed by atoms with Gasteiger partial charge in [0, 0.05) is 19.3 Å². The van der Waals surface area contributed by atoms with Crippen LogP contribution in [0.1, 0.15) is 18.4 Å². The molecule has 1 aliphatic rings. The molecule has 19 heavy (non-hydrogen) atoms. The van der Waals surface area contributed by atoms with E-state index in [-0.39, 0.29) is 16.6 Å². The Morgan fingerprint density at radius 3 is 2.79 bits per heavy atom. The molecule has 0 unspecified atom stereocenters. The molecule has 0 amide bonds. The Bertz CT molecular complexity index is 588. The molecule has 1 fully saturated rings. The number of nitrogens with zero attached hydrogens (tertiary/aromatic N) is 3. The van der Waals surface area contributed by atoms with Crippen LogP contribution in [0, 0.1) is 11.3 Å². The van der Waals surface area contributed by atoms with E-state index >= 15 is 0 Å². The summed E-state index contributed by atoms with van der Waals surface area (Å²) in [6.45, 7) is 1.61. The molecule has 2 heterocycles. The topological polar surface area (TPSA) is 86.1 Å². The van der Waals surface area contributed by atoms with Gasteiger partial charge in [0.15, 0.2) is 5.03 Å². The first-order valence-corrected chi connectivity index (χ1v) is 7.55. The van der Waals surface area contributed by atoms with E-state index in [0.717, 1.165) is 25.9 Å². The minimum absolute atomic E-state index is 0.0419. The minimum Gasteiger partial charge on any atom is -0.317 e. The molecule has 2 rings (SSSR count).